The number of anilines is 2. The molecule has 0 aliphatic heterocycles. The summed E-state index contributed by atoms with van der Waals surface area (Å²) >= 11 is 0. The Morgan fingerprint density at radius 1 is 1.17 bits per heavy atom. The molecule has 0 spiro atoms. The Morgan fingerprint density at radius 3 is 2.57 bits per heavy atom. The molecule has 1 saturated carbocycles. The quantitative estimate of drug-likeness (QED) is 0.857. The van der Waals surface area contributed by atoms with E-state index in [1.807, 2.05) is 0 Å². The molecule has 0 amide bonds. The lowest BCUT2D eigenvalue weighted by Crippen LogP contribution is -2.35. The van der Waals surface area contributed by atoms with Crippen LogP contribution >= 0.6 is 0 Å². The van der Waals surface area contributed by atoms with E-state index in [9.17, 15) is 0 Å². The van der Waals surface area contributed by atoms with Gasteiger partial charge in [-0.2, -0.15) is 0 Å². The van der Waals surface area contributed by atoms with Crippen molar-refractivity contribution >= 4 is 11.5 Å². The van der Waals surface area contributed by atoms with E-state index in [1.54, 1.807) is 6.33 Å². The fourth-order valence-corrected chi connectivity index (χ4v) is 2.89. The van der Waals surface area contributed by atoms with Gasteiger partial charge in [0.25, 0.3) is 0 Å². The first-order valence-corrected chi connectivity index (χ1v) is 8.19. The van der Waals surface area contributed by atoms with E-state index in [-0.39, 0.29) is 0 Å². The standard InChI is InChI=1S/C18H25N5/c1-23(2)16-5-3-13(4-6-16)7-8-20-18-11-17(21-12-22-18)14-9-15(19)10-14/h3-6,11-12,14-15H,7-10,19H2,1-2H3,(H,20,21,22). The van der Waals surface area contributed by atoms with Crippen LogP contribution in [0.15, 0.2) is 36.7 Å². The normalized spacial score (nSPS) is 20.0. The first kappa shape index (κ1) is 15.7. The molecule has 0 unspecified atom stereocenters. The van der Waals surface area contributed by atoms with Crippen LogP contribution in [0.3, 0.4) is 0 Å². The summed E-state index contributed by atoms with van der Waals surface area (Å²) in [6.07, 6.45) is 4.69. The second-order valence-corrected chi connectivity index (χ2v) is 6.49. The Hall–Kier alpha value is -2.14. The van der Waals surface area contributed by atoms with Gasteiger partial charge in [-0.15, -0.1) is 0 Å². The van der Waals surface area contributed by atoms with Crippen LogP contribution in [0.25, 0.3) is 0 Å². The average Bonchev–Trinajstić information content (AvgIpc) is 2.53. The van der Waals surface area contributed by atoms with Crippen LogP contribution in [0.4, 0.5) is 11.5 Å². The van der Waals surface area contributed by atoms with Crippen LogP contribution in [0.5, 0.6) is 0 Å². The van der Waals surface area contributed by atoms with Gasteiger partial charge in [-0.25, -0.2) is 9.97 Å². The Morgan fingerprint density at radius 2 is 1.91 bits per heavy atom. The number of benzene rings is 1. The summed E-state index contributed by atoms with van der Waals surface area (Å²) in [5.41, 5.74) is 9.51. The van der Waals surface area contributed by atoms with Crippen molar-refractivity contribution < 1.29 is 0 Å². The van der Waals surface area contributed by atoms with Gasteiger partial charge in [0.1, 0.15) is 12.1 Å². The van der Waals surface area contributed by atoms with E-state index in [4.69, 9.17) is 5.73 Å². The molecular formula is C18H25N5. The molecule has 23 heavy (non-hydrogen) atoms. The number of nitrogens with zero attached hydrogens (tertiary/aromatic N) is 3. The average molecular weight is 311 g/mol. The molecule has 0 atom stereocenters. The minimum atomic E-state index is 0.344. The molecule has 5 nitrogen and oxygen atoms in total. The maximum atomic E-state index is 5.86. The fourth-order valence-electron chi connectivity index (χ4n) is 2.89. The third-order valence-corrected chi connectivity index (χ3v) is 4.45. The molecule has 0 radical (unpaired) electrons. The maximum absolute atomic E-state index is 5.86. The van der Waals surface area contributed by atoms with Crippen molar-refractivity contribution in [1.29, 1.82) is 0 Å². The molecule has 0 saturated heterocycles. The zero-order chi connectivity index (χ0) is 16.2. The molecule has 3 rings (SSSR count). The summed E-state index contributed by atoms with van der Waals surface area (Å²) in [7, 11) is 4.11. The predicted molar refractivity (Wildman–Crippen MR) is 94.9 cm³/mol. The van der Waals surface area contributed by atoms with Gasteiger partial charge in [-0.1, -0.05) is 12.1 Å². The summed E-state index contributed by atoms with van der Waals surface area (Å²) in [5, 5.41) is 3.39. The van der Waals surface area contributed by atoms with E-state index < -0.39 is 0 Å². The van der Waals surface area contributed by atoms with Crippen LogP contribution in [0, 0.1) is 0 Å². The molecule has 2 aromatic rings. The third-order valence-electron chi connectivity index (χ3n) is 4.45. The van der Waals surface area contributed by atoms with Crippen molar-refractivity contribution in [3.63, 3.8) is 0 Å². The number of rotatable bonds is 6. The van der Waals surface area contributed by atoms with Gasteiger partial charge in [0.15, 0.2) is 0 Å². The lowest BCUT2D eigenvalue weighted by atomic mass is 9.79. The maximum Gasteiger partial charge on any atom is 0.129 e. The van der Waals surface area contributed by atoms with Crippen molar-refractivity contribution in [2.45, 2.75) is 31.2 Å². The molecule has 5 heteroatoms. The van der Waals surface area contributed by atoms with E-state index >= 15 is 0 Å². The van der Waals surface area contributed by atoms with Crippen LogP contribution in [0.2, 0.25) is 0 Å². The minimum absolute atomic E-state index is 0.344. The van der Waals surface area contributed by atoms with Crippen LogP contribution in [-0.2, 0) is 6.42 Å². The first-order chi connectivity index (χ1) is 11.1. The molecule has 1 aliphatic rings. The Bertz CT molecular complexity index is 632. The SMILES string of the molecule is CN(C)c1ccc(CCNc2cc(C3CC(N)C3)ncn2)cc1. The summed E-state index contributed by atoms with van der Waals surface area (Å²) in [4.78, 5) is 10.8. The van der Waals surface area contributed by atoms with Gasteiger partial charge in [-0.3, -0.25) is 0 Å². The fraction of sp³-hybridized carbons (Fsp3) is 0.444. The van der Waals surface area contributed by atoms with Crippen molar-refractivity contribution in [2.75, 3.05) is 30.9 Å². The Balaban J connectivity index is 1.51. The van der Waals surface area contributed by atoms with Crippen LogP contribution < -0.4 is 16.0 Å². The number of nitrogens with two attached hydrogens (primary N) is 1. The van der Waals surface area contributed by atoms with E-state index in [0.717, 1.165) is 37.3 Å². The molecule has 1 aromatic carbocycles. The van der Waals surface area contributed by atoms with Crippen molar-refractivity contribution in [1.82, 2.24) is 9.97 Å². The van der Waals surface area contributed by atoms with Gasteiger partial charge < -0.3 is 16.0 Å². The number of aromatic nitrogens is 2. The highest BCUT2D eigenvalue weighted by atomic mass is 15.1. The summed E-state index contributed by atoms with van der Waals surface area (Å²) in [6, 6.07) is 11.1. The lowest BCUT2D eigenvalue weighted by Gasteiger charge is -2.31. The zero-order valence-corrected chi connectivity index (χ0v) is 13.9. The van der Waals surface area contributed by atoms with E-state index in [1.165, 1.54) is 11.3 Å². The van der Waals surface area contributed by atoms with E-state index in [2.05, 4.69) is 64.6 Å². The van der Waals surface area contributed by atoms with Crippen LogP contribution in [0.1, 0.15) is 30.0 Å². The van der Waals surface area contributed by atoms with Gasteiger partial charge in [-0.05, 0) is 37.0 Å². The number of nitrogens with one attached hydrogen (secondary N) is 1. The highest BCUT2D eigenvalue weighted by Crippen LogP contribution is 2.34. The van der Waals surface area contributed by atoms with Gasteiger partial charge in [0.2, 0.25) is 0 Å². The number of hydrogen-bond acceptors (Lipinski definition) is 5. The minimum Gasteiger partial charge on any atom is -0.378 e. The molecule has 1 aliphatic carbocycles. The first-order valence-electron chi connectivity index (χ1n) is 8.19. The number of hydrogen-bond donors (Lipinski definition) is 2. The predicted octanol–water partition coefficient (Wildman–Crippen LogP) is 2.40. The van der Waals surface area contributed by atoms with Crippen molar-refractivity contribution in [3.8, 4) is 0 Å². The topological polar surface area (TPSA) is 67.1 Å². The summed E-state index contributed by atoms with van der Waals surface area (Å²) in [6.45, 7) is 0.863. The molecule has 3 N–H and O–H groups in total. The van der Waals surface area contributed by atoms with Gasteiger partial charge in [0.05, 0.1) is 0 Å². The second-order valence-electron chi connectivity index (χ2n) is 6.49. The van der Waals surface area contributed by atoms with Crippen molar-refractivity contribution in [2.24, 2.45) is 5.73 Å². The molecule has 1 fully saturated rings. The highest BCUT2D eigenvalue weighted by molar-refractivity contribution is 5.46. The third kappa shape index (κ3) is 3.99. The molecule has 1 aromatic heterocycles. The highest BCUT2D eigenvalue weighted by Gasteiger charge is 2.28. The van der Waals surface area contributed by atoms with Gasteiger partial charge >= 0.3 is 0 Å². The molecule has 122 valence electrons. The zero-order valence-electron chi connectivity index (χ0n) is 13.9. The van der Waals surface area contributed by atoms with E-state index in [0.29, 0.717) is 12.0 Å². The molecular weight excluding hydrogens is 286 g/mol. The molecule has 0 bridgehead atoms. The summed E-state index contributed by atoms with van der Waals surface area (Å²) in [5.74, 6) is 1.41. The smallest absolute Gasteiger partial charge is 0.129 e. The largest absolute Gasteiger partial charge is 0.378 e. The Kier molecular flexibility index (Phi) is 4.76. The Labute approximate surface area is 137 Å². The van der Waals surface area contributed by atoms with Crippen molar-refractivity contribution in [3.05, 3.63) is 47.9 Å². The lowest BCUT2D eigenvalue weighted by molar-refractivity contribution is 0.345. The van der Waals surface area contributed by atoms with Gasteiger partial charge in [0, 0.05) is 50.0 Å². The second kappa shape index (κ2) is 6.96. The molecule has 1 heterocycles. The monoisotopic (exact) mass is 311 g/mol. The van der Waals surface area contributed by atoms with Crippen LogP contribution in [-0.4, -0.2) is 36.6 Å². The summed E-state index contributed by atoms with van der Waals surface area (Å²) < 4.78 is 0.